The average Bonchev–Trinajstić information content (AvgIpc) is 3.02. The number of aliphatic imine (C=N–C) groups is 1. The van der Waals surface area contributed by atoms with Crippen LogP contribution in [0.4, 0.5) is 0 Å². The number of ether oxygens (including phenoxy) is 1. The number of hydrogen-bond donors (Lipinski definition) is 2. The molecule has 1 aromatic carbocycles. The largest absolute Gasteiger partial charge is 0.497 e. The minimum absolute atomic E-state index is 0. The van der Waals surface area contributed by atoms with Gasteiger partial charge in [0.1, 0.15) is 5.75 Å². The lowest BCUT2D eigenvalue weighted by atomic mass is 10.2. The van der Waals surface area contributed by atoms with Gasteiger partial charge >= 0.3 is 0 Å². The summed E-state index contributed by atoms with van der Waals surface area (Å²) in [5.41, 5.74) is 1.21. The zero-order valence-electron chi connectivity index (χ0n) is 13.8. The Labute approximate surface area is 159 Å². The van der Waals surface area contributed by atoms with Crippen LogP contribution < -0.4 is 15.4 Å². The third kappa shape index (κ3) is 6.02. The molecule has 23 heavy (non-hydrogen) atoms. The highest BCUT2D eigenvalue weighted by Gasteiger charge is 2.04. The zero-order valence-corrected chi connectivity index (χ0v) is 16.9. The first-order valence-corrected chi connectivity index (χ1v) is 8.33. The van der Waals surface area contributed by atoms with Crippen LogP contribution in [-0.2, 0) is 6.54 Å². The predicted molar refractivity (Wildman–Crippen MR) is 110 cm³/mol. The van der Waals surface area contributed by atoms with E-state index in [2.05, 4.69) is 53.7 Å². The normalized spacial score (nSPS) is 9.70. The molecule has 0 atom stereocenters. The Morgan fingerprint density at radius 2 is 1.70 bits per heavy atom. The van der Waals surface area contributed by atoms with E-state index >= 15 is 0 Å². The van der Waals surface area contributed by atoms with Crippen LogP contribution >= 0.6 is 35.3 Å². The lowest BCUT2D eigenvalue weighted by Crippen LogP contribution is -2.36. The first kappa shape index (κ1) is 19.8. The van der Waals surface area contributed by atoms with Crippen molar-refractivity contribution >= 4 is 41.3 Å². The molecule has 0 radical (unpaired) electrons. The van der Waals surface area contributed by atoms with Crippen LogP contribution in [0.3, 0.4) is 0 Å². The summed E-state index contributed by atoms with van der Waals surface area (Å²) in [4.78, 5) is 7.09. The summed E-state index contributed by atoms with van der Waals surface area (Å²) in [7, 11) is 1.68. The van der Waals surface area contributed by atoms with Crippen molar-refractivity contribution in [1.29, 1.82) is 0 Å². The van der Waals surface area contributed by atoms with Gasteiger partial charge in [0, 0.05) is 22.8 Å². The molecule has 0 unspecified atom stereocenters. The quantitative estimate of drug-likeness (QED) is 0.400. The number of benzene rings is 1. The topological polar surface area (TPSA) is 45.7 Å². The summed E-state index contributed by atoms with van der Waals surface area (Å²) < 4.78 is 5.19. The molecule has 0 amide bonds. The SMILES string of the molecule is CCNC(=NCc1ccc(-c2ccc(OC)cc2)s1)NCC.I. The van der Waals surface area contributed by atoms with E-state index in [9.17, 15) is 0 Å². The third-order valence-electron chi connectivity index (χ3n) is 3.12. The standard InChI is InChI=1S/C17H23N3OS.HI/c1-4-18-17(19-5-2)20-12-15-10-11-16(22-15)13-6-8-14(21-3)9-7-13;/h6-11H,4-5,12H2,1-3H3,(H2,18,19,20);1H. The molecular weight excluding hydrogens is 421 g/mol. The third-order valence-corrected chi connectivity index (χ3v) is 4.24. The van der Waals surface area contributed by atoms with E-state index < -0.39 is 0 Å². The van der Waals surface area contributed by atoms with Crippen LogP contribution in [0.5, 0.6) is 5.75 Å². The molecular formula is C17H24IN3OS. The summed E-state index contributed by atoms with van der Waals surface area (Å²) in [6, 6.07) is 12.4. The molecule has 4 nitrogen and oxygen atoms in total. The van der Waals surface area contributed by atoms with E-state index in [1.54, 1.807) is 18.4 Å². The van der Waals surface area contributed by atoms with Gasteiger partial charge in [0.15, 0.2) is 5.96 Å². The lowest BCUT2D eigenvalue weighted by molar-refractivity contribution is 0.415. The first-order chi connectivity index (χ1) is 10.8. The number of rotatable bonds is 6. The second-order valence-electron chi connectivity index (χ2n) is 4.72. The van der Waals surface area contributed by atoms with Gasteiger partial charge in [0.05, 0.1) is 13.7 Å². The molecule has 0 aliphatic carbocycles. The van der Waals surface area contributed by atoms with Crippen LogP contribution in [-0.4, -0.2) is 26.2 Å². The molecule has 126 valence electrons. The number of nitrogens with one attached hydrogen (secondary N) is 2. The van der Waals surface area contributed by atoms with Crippen molar-refractivity contribution in [3.05, 3.63) is 41.3 Å². The molecule has 0 spiro atoms. The number of methoxy groups -OCH3 is 1. The molecule has 1 aromatic heterocycles. The van der Waals surface area contributed by atoms with Crippen molar-refractivity contribution < 1.29 is 4.74 Å². The Balaban J connectivity index is 0.00000264. The molecule has 0 aliphatic rings. The number of hydrogen-bond acceptors (Lipinski definition) is 3. The Hall–Kier alpha value is -1.28. The van der Waals surface area contributed by atoms with Crippen LogP contribution in [0.25, 0.3) is 10.4 Å². The van der Waals surface area contributed by atoms with Gasteiger partial charge in [-0.1, -0.05) is 0 Å². The highest BCUT2D eigenvalue weighted by atomic mass is 127. The van der Waals surface area contributed by atoms with Crippen LogP contribution in [0.15, 0.2) is 41.4 Å². The maximum absolute atomic E-state index is 5.19. The van der Waals surface area contributed by atoms with Gasteiger partial charge in [-0.25, -0.2) is 4.99 Å². The Kier molecular flexibility index (Phi) is 9.01. The number of guanidine groups is 1. The van der Waals surface area contributed by atoms with Crippen molar-refractivity contribution in [1.82, 2.24) is 10.6 Å². The summed E-state index contributed by atoms with van der Waals surface area (Å²) >= 11 is 1.77. The summed E-state index contributed by atoms with van der Waals surface area (Å²) in [6.07, 6.45) is 0. The van der Waals surface area contributed by atoms with Gasteiger partial charge in [-0.3, -0.25) is 0 Å². The van der Waals surface area contributed by atoms with Crippen molar-refractivity contribution in [3.8, 4) is 16.2 Å². The molecule has 2 rings (SSSR count). The average molecular weight is 445 g/mol. The maximum atomic E-state index is 5.19. The monoisotopic (exact) mass is 445 g/mol. The van der Waals surface area contributed by atoms with Gasteiger partial charge in [-0.2, -0.15) is 0 Å². The van der Waals surface area contributed by atoms with Gasteiger partial charge in [0.2, 0.25) is 0 Å². The highest BCUT2D eigenvalue weighted by Crippen LogP contribution is 2.29. The Bertz CT molecular complexity index is 603. The van der Waals surface area contributed by atoms with E-state index in [1.165, 1.54) is 15.3 Å². The smallest absolute Gasteiger partial charge is 0.191 e. The second-order valence-corrected chi connectivity index (χ2v) is 5.89. The fourth-order valence-corrected chi connectivity index (χ4v) is 2.98. The molecule has 1 heterocycles. The van der Waals surface area contributed by atoms with Crippen LogP contribution in [0, 0.1) is 0 Å². The van der Waals surface area contributed by atoms with Crippen LogP contribution in [0.1, 0.15) is 18.7 Å². The van der Waals surface area contributed by atoms with Gasteiger partial charge < -0.3 is 15.4 Å². The van der Waals surface area contributed by atoms with Gasteiger partial charge in [-0.15, -0.1) is 35.3 Å². The summed E-state index contributed by atoms with van der Waals surface area (Å²) in [6.45, 7) is 6.57. The lowest BCUT2D eigenvalue weighted by Gasteiger charge is -2.08. The zero-order chi connectivity index (χ0) is 15.8. The van der Waals surface area contributed by atoms with Crippen molar-refractivity contribution in [2.24, 2.45) is 4.99 Å². The van der Waals surface area contributed by atoms with E-state index in [1.807, 2.05) is 12.1 Å². The number of halogens is 1. The predicted octanol–water partition coefficient (Wildman–Crippen LogP) is 4.12. The van der Waals surface area contributed by atoms with Gasteiger partial charge in [0.25, 0.3) is 0 Å². The molecule has 0 fully saturated rings. The van der Waals surface area contributed by atoms with Crippen molar-refractivity contribution in [3.63, 3.8) is 0 Å². The fraction of sp³-hybridized carbons (Fsp3) is 0.353. The summed E-state index contributed by atoms with van der Waals surface area (Å²) in [5, 5.41) is 6.47. The number of thiophene rings is 1. The number of nitrogens with zero attached hydrogens (tertiary/aromatic N) is 1. The molecule has 2 N–H and O–H groups in total. The van der Waals surface area contributed by atoms with E-state index in [4.69, 9.17) is 4.74 Å². The first-order valence-electron chi connectivity index (χ1n) is 7.52. The molecule has 0 saturated carbocycles. The summed E-state index contributed by atoms with van der Waals surface area (Å²) in [5.74, 6) is 1.75. The van der Waals surface area contributed by atoms with E-state index in [0.717, 1.165) is 24.8 Å². The molecule has 2 aromatic rings. The van der Waals surface area contributed by atoms with Gasteiger partial charge in [-0.05, 0) is 55.8 Å². The molecule has 0 saturated heterocycles. The van der Waals surface area contributed by atoms with Crippen molar-refractivity contribution in [2.45, 2.75) is 20.4 Å². The Morgan fingerprint density at radius 3 is 2.26 bits per heavy atom. The highest BCUT2D eigenvalue weighted by molar-refractivity contribution is 14.0. The molecule has 6 heteroatoms. The van der Waals surface area contributed by atoms with E-state index in [0.29, 0.717) is 6.54 Å². The fourth-order valence-electron chi connectivity index (χ4n) is 2.04. The van der Waals surface area contributed by atoms with E-state index in [-0.39, 0.29) is 24.0 Å². The maximum Gasteiger partial charge on any atom is 0.191 e. The molecule has 0 bridgehead atoms. The molecule has 0 aliphatic heterocycles. The minimum Gasteiger partial charge on any atom is -0.497 e. The van der Waals surface area contributed by atoms with Crippen LogP contribution in [0.2, 0.25) is 0 Å². The van der Waals surface area contributed by atoms with Crippen molar-refractivity contribution in [2.75, 3.05) is 20.2 Å². The Morgan fingerprint density at radius 1 is 1.04 bits per heavy atom. The second kappa shape index (κ2) is 10.5. The minimum atomic E-state index is 0.